The second kappa shape index (κ2) is 7.49. The Morgan fingerprint density at radius 3 is 2.13 bits per heavy atom. The van der Waals surface area contributed by atoms with Gasteiger partial charge >= 0.3 is 11.9 Å². The molecule has 0 saturated carbocycles. The predicted molar refractivity (Wildman–Crippen MR) is 58.1 cm³/mol. The monoisotopic (exact) mass is 236 g/mol. The topological polar surface area (TPSA) is 113 Å². The molecular weight excluding hydrogens is 220 g/mol. The minimum Gasteiger partial charge on any atom is -0.480 e. The van der Waals surface area contributed by atoms with Crippen molar-refractivity contribution in [2.45, 2.75) is 24.9 Å². The number of hydrogen-bond donors (Lipinski definition) is 5. The van der Waals surface area contributed by atoms with E-state index in [0.717, 1.165) is 13.0 Å². The smallest absolute Gasteiger partial charge is 0.320 e. The molecule has 15 heavy (non-hydrogen) atoms. The number of carbonyl (C=O) groups is 2. The second-order valence-corrected chi connectivity index (χ2v) is 3.54. The van der Waals surface area contributed by atoms with Gasteiger partial charge in [0.05, 0.1) is 0 Å². The third kappa shape index (κ3) is 6.32. The van der Waals surface area contributed by atoms with E-state index in [1.54, 1.807) is 0 Å². The van der Waals surface area contributed by atoms with Gasteiger partial charge in [0.25, 0.3) is 0 Å². The molecule has 7 heteroatoms. The first kappa shape index (κ1) is 14.2. The first-order valence-electron chi connectivity index (χ1n) is 4.54. The summed E-state index contributed by atoms with van der Waals surface area (Å²) in [6.07, 6.45) is 1.22. The van der Waals surface area contributed by atoms with Crippen LogP contribution in [0.5, 0.6) is 0 Å². The highest BCUT2D eigenvalue weighted by Gasteiger charge is 2.22. The van der Waals surface area contributed by atoms with E-state index < -0.39 is 18.0 Å². The summed E-state index contributed by atoms with van der Waals surface area (Å²) in [5, 5.41) is 19.1. The molecule has 1 fully saturated rings. The molecule has 0 radical (unpaired) electrons. The number of aliphatic carboxylic acids is 2. The van der Waals surface area contributed by atoms with Crippen LogP contribution in [0.3, 0.4) is 0 Å². The molecule has 2 unspecified atom stereocenters. The molecule has 1 aliphatic rings. The van der Waals surface area contributed by atoms with Gasteiger partial charge in [0.2, 0.25) is 0 Å². The van der Waals surface area contributed by atoms with Gasteiger partial charge in [0.1, 0.15) is 12.1 Å². The number of carboxylic acids is 2. The Labute approximate surface area is 93.3 Å². The number of nitrogens with one attached hydrogen (secondary N) is 1. The molecule has 1 saturated heterocycles. The van der Waals surface area contributed by atoms with Crippen molar-refractivity contribution >= 4 is 24.6 Å². The van der Waals surface area contributed by atoms with Crippen molar-refractivity contribution in [2.75, 3.05) is 12.3 Å². The normalized spacial score (nSPS) is 20.5. The standard InChI is InChI=1S/C4H9NO2S.C4H7NO2/c5-3(1-2-8)4(6)7;6-4(7)3-1-2-5-3/h3,8H,1-2,5H2,(H,6,7);3,5H,1-2H2,(H,6,7). The summed E-state index contributed by atoms with van der Waals surface area (Å²) in [6, 6.07) is -0.993. The Bertz CT molecular complexity index is 221. The van der Waals surface area contributed by atoms with Crippen LogP contribution in [0, 0.1) is 0 Å². The molecule has 0 aromatic rings. The molecule has 2 atom stereocenters. The molecule has 0 aliphatic carbocycles. The summed E-state index contributed by atoms with van der Waals surface area (Å²) in [5.41, 5.74) is 5.08. The van der Waals surface area contributed by atoms with Crippen molar-refractivity contribution in [1.29, 1.82) is 0 Å². The van der Waals surface area contributed by atoms with Crippen LogP contribution in [-0.2, 0) is 9.59 Å². The Morgan fingerprint density at radius 2 is 2.07 bits per heavy atom. The van der Waals surface area contributed by atoms with Gasteiger partial charge in [-0.25, -0.2) is 0 Å². The first-order chi connectivity index (χ1) is 6.99. The van der Waals surface area contributed by atoms with E-state index >= 15 is 0 Å². The number of nitrogens with two attached hydrogens (primary N) is 1. The highest BCUT2D eigenvalue weighted by Crippen LogP contribution is 1.99. The highest BCUT2D eigenvalue weighted by atomic mass is 32.1. The largest absolute Gasteiger partial charge is 0.480 e. The van der Waals surface area contributed by atoms with Gasteiger partial charge in [-0.2, -0.15) is 12.6 Å². The van der Waals surface area contributed by atoms with E-state index in [4.69, 9.17) is 15.9 Å². The van der Waals surface area contributed by atoms with Crippen LogP contribution in [0.15, 0.2) is 0 Å². The average molecular weight is 236 g/mol. The first-order valence-corrected chi connectivity index (χ1v) is 5.17. The van der Waals surface area contributed by atoms with Crippen molar-refractivity contribution in [3.8, 4) is 0 Å². The second-order valence-electron chi connectivity index (χ2n) is 3.09. The number of rotatable bonds is 4. The predicted octanol–water partition coefficient (Wildman–Crippen LogP) is -0.849. The van der Waals surface area contributed by atoms with Crippen LogP contribution < -0.4 is 11.1 Å². The van der Waals surface area contributed by atoms with Crippen molar-refractivity contribution in [2.24, 2.45) is 5.73 Å². The molecule has 1 aliphatic heterocycles. The van der Waals surface area contributed by atoms with Gasteiger partial charge in [-0.3, -0.25) is 9.59 Å². The van der Waals surface area contributed by atoms with E-state index in [0.29, 0.717) is 12.2 Å². The van der Waals surface area contributed by atoms with E-state index in [-0.39, 0.29) is 6.04 Å². The van der Waals surface area contributed by atoms with Crippen LogP contribution in [0.2, 0.25) is 0 Å². The van der Waals surface area contributed by atoms with E-state index in [1.807, 2.05) is 0 Å². The molecule has 0 amide bonds. The zero-order valence-corrected chi connectivity index (χ0v) is 9.11. The maximum absolute atomic E-state index is 9.93. The van der Waals surface area contributed by atoms with Gasteiger partial charge in [-0.05, 0) is 25.1 Å². The van der Waals surface area contributed by atoms with Gasteiger partial charge in [-0.1, -0.05) is 0 Å². The number of carboxylic acid groups (broad SMARTS) is 2. The van der Waals surface area contributed by atoms with E-state index in [1.165, 1.54) is 0 Å². The summed E-state index contributed by atoms with van der Waals surface area (Å²) < 4.78 is 0. The Morgan fingerprint density at radius 1 is 1.53 bits per heavy atom. The van der Waals surface area contributed by atoms with E-state index in [2.05, 4.69) is 17.9 Å². The van der Waals surface area contributed by atoms with Gasteiger partial charge < -0.3 is 21.3 Å². The lowest BCUT2D eigenvalue weighted by molar-refractivity contribution is -0.141. The fourth-order valence-corrected chi connectivity index (χ4v) is 1.04. The fraction of sp³-hybridized carbons (Fsp3) is 0.750. The number of hydrogen-bond acceptors (Lipinski definition) is 5. The van der Waals surface area contributed by atoms with Crippen LogP contribution >= 0.6 is 12.6 Å². The molecule has 0 bridgehead atoms. The summed E-state index contributed by atoms with van der Waals surface area (Å²) in [5.74, 6) is -1.17. The molecule has 88 valence electrons. The van der Waals surface area contributed by atoms with Crippen LogP contribution in [-0.4, -0.2) is 46.5 Å². The maximum Gasteiger partial charge on any atom is 0.320 e. The lowest BCUT2D eigenvalue weighted by Crippen LogP contribution is -2.48. The summed E-state index contributed by atoms with van der Waals surface area (Å²) in [7, 11) is 0. The molecule has 1 rings (SSSR count). The van der Waals surface area contributed by atoms with Gasteiger partial charge in [0, 0.05) is 0 Å². The van der Waals surface area contributed by atoms with Crippen molar-refractivity contribution < 1.29 is 19.8 Å². The van der Waals surface area contributed by atoms with E-state index in [9.17, 15) is 9.59 Å². The van der Waals surface area contributed by atoms with Gasteiger partial charge in [0.15, 0.2) is 0 Å². The van der Waals surface area contributed by atoms with Crippen molar-refractivity contribution in [3.63, 3.8) is 0 Å². The Balaban J connectivity index is 0.000000262. The van der Waals surface area contributed by atoms with Crippen molar-refractivity contribution in [3.05, 3.63) is 0 Å². The lowest BCUT2D eigenvalue weighted by Gasteiger charge is -2.22. The highest BCUT2D eigenvalue weighted by molar-refractivity contribution is 7.80. The molecule has 0 spiro atoms. The SMILES string of the molecule is NC(CCS)C(=O)O.O=C(O)C1CCN1. The Hall–Kier alpha value is -0.790. The fourth-order valence-electron chi connectivity index (χ4n) is 0.762. The summed E-state index contributed by atoms with van der Waals surface area (Å²) in [4.78, 5) is 19.8. The third-order valence-electron chi connectivity index (χ3n) is 1.88. The average Bonchev–Trinajstić information content (AvgIpc) is 2.01. The molecule has 6 nitrogen and oxygen atoms in total. The number of thiol groups is 1. The minimum absolute atomic E-state index is 0.250. The molecule has 0 aromatic carbocycles. The van der Waals surface area contributed by atoms with Crippen LogP contribution in [0.4, 0.5) is 0 Å². The maximum atomic E-state index is 9.93. The lowest BCUT2D eigenvalue weighted by atomic mass is 10.1. The quantitative estimate of drug-likeness (QED) is 0.406. The zero-order valence-electron chi connectivity index (χ0n) is 8.22. The zero-order chi connectivity index (χ0) is 11.8. The van der Waals surface area contributed by atoms with Gasteiger partial charge in [-0.15, -0.1) is 0 Å². The molecule has 0 aromatic heterocycles. The van der Waals surface area contributed by atoms with Crippen LogP contribution in [0.1, 0.15) is 12.8 Å². The molecular formula is C8H16N2O4S. The minimum atomic E-state index is -0.959. The van der Waals surface area contributed by atoms with Crippen LogP contribution in [0.25, 0.3) is 0 Å². The van der Waals surface area contributed by atoms with Crippen molar-refractivity contribution in [1.82, 2.24) is 5.32 Å². The Kier molecular flexibility index (Phi) is 7.10. The third-order valence-corrected chi connectivity index (χ3v) is 2.14. The summed E-state index contributed by atoms with van der Waals surface area (Å²) >= 11 is 3.81. The molecule has 1 heterocycles. The summed E-state index contributed by atoms with van der Waals surface area (Å²) in [6.45, 7) is 0.858. The molecule has 5 N–H and O–H groups in total.